The van der Waals surface area contributed by atoms with Crippen LogP contribution in [0.4, 0.5) is 0 Å². The van der Waals surface area contributed by atoms with Crippen LogP contribution in [-0.4, -0.2) is 36.9 Å². The van der Waals surface area contributed by atoms with E-state index in [2.05, 4.69) is 10.1 Å². The number of methoxy groups -OCH3 is 1. The molecule has 0 saturated heterocycles. The fourth-order valence-electron chi connectivity index (χ4n) is 2.22. The predicted molar refractivity (Wildman–Crippen MR) is 62.1 cm³/mol. The molecule has 0 amide bonds. The fourth-order valence-corrected chi connectivity index (χ4v) is 2.22. The average Bonchev–Trinajstić information content (AvgIpc) is 2.26. The molecule has 3 atom stereocenters. The summed E-state index contributed by atoms with van der Waals surface area (Å²) in [5.41, 5.74) is 0. The largest absolute Gasteiger partial charge is 0.469 e. The zero-order chi connectivity index (χ0) is 12.0. The minimum Gasteiger partial charge on any atom is -0.469 e. The zero-order valence-corrected chi connectivity index (χ0v) is 10.2. The summed E-state index contributed by atoms with van der Waals surface area (Å²) in [4.78, 5) is 11.0. The van der Waals surface area contributed by atoms with E-state index >= 15 is 0 Å². The van der Waals surface area contributed by atoms with Crippen molar-refractivity contribution in [3.63, 3.8) is 0 Å². The second-order valence-corrected chi connectivity index (χ2v) is 4.78. The molecule has 0 radical (unpaired) electrons. The molecule has 1 fully saturated rings. The Morgan fingerprint density at radius 1 is 1.56 bits per heavy atom. The molecule has 1 rings (SSSR count). The Labute approximate surface area is 97.4 Å². The van der Waals surface area contributed by atoms with Gasteiger partial charge in [0.25, 0.3) is 0 Å². The first-order chi connectivity index (χ1) is 7.61. The van der Waals surface area contributed by atoms with E-state index in [4.69, 9.17) is 0 Å². The van der Waals surface area contributed by atoms with Crippen molar-refractivity contribution in [2.24, 2.45) is 5.92 Å². The summed E-state index contributed by atoms with van der Waals surface area (Å²) in [6.45, 7) is 2.87. The summed E-state index contributed by atoms with van der Waals surface area (Å²) >= 11 is 0. The van der Waals surface area contributed by atoms with Crippen LogP contribution in [0.5, 0.6) is 0 Å². The Hall–Kier alpha value is -0.610. The lowest BCUT2D eigenvalue weighted by molar-refractivity contribution is -0.141. The van der Waals surface area contributed by atoms with Crippen molar-refractivity contribution in [2.75, 3.05) is 13.7 Å². The minimum absolute atomic E-state index is 0.128. The lowest BCUT2D eigenvalue weighted by atomic mass is 9.87. The molecule has 0 aromatic heterocycles. The van der Waals surface area contributed by atoms with Crippen molar-refractivity contribution in [1.29, 1.82) is 0 Å². The van der Waals surface area contributed by atoms with Gasteiger partial charge in [-0.25, -0.2) is 0 Å². The summed E-state index contributed by atoms with van der Waals surface area (Å²) in [7, 11) is 1.41. The van der Waals surface area contributed by atoms with Gasteiger partial charge in [0, 0.05) is 6.04 Å². The van der Waals surface area contributed by atoms with Crippen LogP contribution in [0.15, 0.2) is 0 Å². The molecule has 4 heteroatoms. The molecule has 0 aliphatic heterocycles. The van der Waals surface area contributed by atoms with Crippen LogP contribution < -0.4 is 5.32 Å². The quantitative estimate of drug-likeness (QED) is 0.693. The van der Waals surface area contributed by atoms with E-state index in [1.807, 2.05) is 6.92 Å². The van der Waals surface area contributed by atoms with E-state index < -0.39 is 0 Å². The first-order valence-electron chi connectivity index (χ1n) is 6.10. The highest BCUT2D eigenvalue weighted by molar-refractivity contribution is 5.69. The number of ether oxygens (including phenoxy) is 1. The summed E-state index contributed by atoms with van der Waals surface area (Å²) in [5, 5.41) is 12.9. The van der Waals surface area contributed by atoms with E-state index in [9.17, 15) is 9.90 Å². The average molecular weight is 229 g/mol. The second-order valence-electron chi connectivity index (χ2n) is 4.78. The van der Waals surface area contributed by atoms with Crippen molar-refractivity contribution >= 4 is 5.97 Å². The second kappa shape index (κ2) is 6.86. The third kappa shape index (κ3) is 4.94. The fraction of sp³-hybridized carbons (Fsp3) is 0.917. The molecule has 1 saturated carbocycles. The van der Waals surface area contributed by atoms with Gasteiger partial charge in [0.2, 0.25) is 0 Å². The predicted octanol–water partition coefficient (Wildman–Crippen LogP) is 1.08. The standard InChI is InChI=1S/C12H23NO3/c1-9(6-12(15)16-2)13-8-10-4-3-5-11(14)7-10/h9-11,13-14H,3-8H2,1-2H3. The van der Waals surface area contributed by atoms with Crippen LogP contribution in [0, 0.1) is 5.92 Å². The molecule has 4 nitrogen and oxygen atoms in total. The Bertz CT molecular complexity index is 220. The summed E-state index contributed by atoms with van der Waals surface area (Å²) in [5.74, 6) is 0.368. The van der Waals surface area contributed by atoms with Crippen LogP contribution in [0.1, 0.15) is 39.0 Å². The number of rotatable bonds is 5. The smallest absolute Gasteiger partial charge is 0.307 e. The molecule has 0 bridgehead atoms. The molecular weight excluding hydrogens is 206 g/mol. The Morgan fingerprint density at radius 3 is 2.94 bits per heavy atom. The molecule has 0 spiro atoms. The number of hydrogen-bond acceptors (Lipinski definition) is 4. The van der Waals surface area contributed by atoms with Crippen molar-refractivity contribution < 1.29 is 14.6 Å². The third-order valence-electron chi connectivity index (χ3n) is 3.21. The molecule has 16 heavy (non-hydrogen) atoms. The van der Waals surface area contributed by atoms with E-state index in [-0.39, 0.29) is 18.1 Å². The topological polar surface area (TPSA) is 58.6 Å². The molecule has 0 aromatic carbocycles. The van der Waals surface area contributed by atoms with E-state index in [0.717, 1.165) is 25.8 Å². The number of nitrogens with one attached hydrogen (secondary N) is 1. The zero-order valence-electron chi connectivity index (χ0n) is 10.2. The van der Waals surface area contributed by atoms with Crippen LogP contribution in [0.25, 0.3) is 0 Å². The Balaban J connectivity index is 2.15. The van der Waals surface area contributed by atoms with Gasteiger partial charge < -0.3 is 15.2 Å². The van der Waals surface area contributed by atoms with Gasteiger partial charge in [-0.3, -0.25) is 4.79 Å². The normalized spacial score (nSPS) is 27.4. The molecular formula is C12H23NO3. The molecule has 2 N–H and O–H groups in total. The van der Waals surface area contributed by atoms with Gasteiger partial charge >= 0.3 is 5.97 Å². The van der Waals surface area contributed by atoms with Gasteiger partial charge in [0.05, 0.1) is 19.6 Å². The van der Waals surface area contributed by atoms with Gasteiger partial charge in [0.15, 0.2) is 0 Å². The monoisotopic (exact) mass is 229 g/mol. The molecule has 94 valence electrons. The Kier molecular flexibility index (Phi) is 5.77. The van der Waals surface area contributed by atoms with E-state index in [0.29, 0.717) is 12.3 Å². The molecule has 3 unspecified atom stereocenters. The lowest BCUT2D eigenvalue weighted by Gasteiger charge is -2.27. The maximum absolute atomic E-state index is 11.0. The summed E-state index contributed by atoms with van der Waals surface area (Å²) < 4.78 is 4.61. The number of carbonyl (C=O) groups is 1. The highest BCUT2D eigenvalue weighted by Crippen LogP contribution is 2.23. The highest BCUT2D eigenvalue weighted by atomic mass is 16.5. The number of carbonyl (C=O) groups excluding carboxylic acids is 1. The van der Waals surface area contributed by atoms with Gasteiger partial charge in [-0.2, -0.15) is 0 Å². The first kappa shape index (κ1) is 13.5. The van der Waals surface area contributed by atoms with Gasteiger partial charge in [-0.1, -0.05) is 6.42 Å². The molecule has 1 aliphatic carbocycles. The summed E-state index contributed by atoms with van der Waals surface area (Å²) in [6.07, 6.45) is 4.39. The maximum Gasteiger partial charge on any atom is 0.307 e. The Morgan fingerprint density at radius 2 is 2.31 bits per heavy atom. The SMILES string of the molecule is COC(=O)CC(C)NCC1CCCC(O)C1. The van der Waals surface area contributed by atoms with Crippen LogP contribution in [0.2, 0.25) is 0 Å². The number of aliphatic hydroxyl groups excluding tert-OH is 1. The maximum atomic E-state index is 11.0. The molecule has 0 aromatic rings. The van der Waals surface area contributed by atoms with Crippen molar-refractivity contribution in [2.45, 2.75) is 51.2 Å². The lowest BCUT2D eigenvalue weighted by Crippen LogP contribution is -2.35. The van der Waals surface area contributed by atoms with E-state index in [1.54, 1.807) is 0 Å². The van der Waals surface area contributed by atoms with Crippen molar-refractivity contribution in [1.82, 2.24) is 5.32 Å². The van der Waals surface area contributed by atoms with Crippen LogP contribution >= 0.6 is 0 Å². The van der Waals surface area contributed by atoms with Gasteiger partial charge in [0.1, 0.15) is 0 Å². The van der Waals surface area contributed by atoms with Gasteiger partial charge in [-0.05, 0) is 38.6 Å². The third-order valence-corrected chi connectivity index (χ3v) is 3.21. The summed E-state index contributed by atoms with van der Waals surface area (Å²) in [6, 6.07) is 0.145. The van der Waals surface area contributed by atoms with Crippen LogP contribution in [0.3, 0.4) is 0 Å². The number of esters is 1. The highest BCUT2D eigenvalue weighted by Gasteiger charge is 2.20. The van der Waals surface area contributed by atoms with Crippen molar-refractivity contribution in [3.05, 3.63) is 0 Å². The first-order valence-corrected chi connectivity index (χ1v) is 6.10. The number of hydrogen-bond donors (Lipinski definition) is 2. The van der Waals surface area contributed by atoms with Crippen molar-refractivity contribution in [3.8, 4) is 0 Å². The molecule has 0 heterocycles. The van der Waals surface area contributed by atoms with E-state index in [1.165, 1.54) is 13.5 Å². The van der Waals surface area contributed by atoms with Gasteiger partial charge in [-0.15, -0.1) is 0 Å². The molecule has 1 aliphatic rings. The van der Waals surface area contributed by atoms with Crippen LogP contribution in [-0.2, 0) is 9.53 Å². The minimum atomic E-state index is -0.177. The number of aliphatic hydroxyl groups is 1.